The lowest BCUT2D eigenvalue weighted by molar-refractivity contribution is 0.319. The van der Waals surface area contributed by atoms with Crippen molar-refractivity contribution in [3.05, 3.63) is 53.5 Å². The molecule has 1 fully saturated rings. The quantitative estimate of drug-likeness (QED) is 0.661. The Bertz CT molecular complexity index is 1200. The number of aryl methyl sites for hydroxylation is 2. The maximum Gasteiger partial charge on any atom is 0.246 e. The molecule has 1 aromatic carbocycles. The van der Waals surface area contributed by atoms with Gasteiger partial charge in [-0.15, -0.1) is 0 Å². The van der Waals surface area contributed by atoms with Gasteiger partial charge in [0.1, 0.15) is 4.90 Å². The number of nitrogens with zero attached hydrogens (tertiary/aromatic N) is 5. The molecule has 0 unspecified atom stereocenters. The first kappa shape index (κ1) is 19.6. The summed E-state index contributed by atoms with van der Waals surface area (Å²) in [6.45, 7) is 3.01. The van der Waals surface area contributed by atoms with Gasteiger partial charge in [0, 0.05) is 31.7 Å². The average Bonchev–Trinajstić information content (AvgIpc) is 3.09. The van der Waals surface area contributed by atoms with Crippen LogP contribution in [0.4, 0.5) is 0 Å². The van der Waals surface area contributed by atoms with Crippen LogP contribution in [0.2, 0.25) is 0 Å². The van der Waals surface area contributed by atoms with Gasteiger partial charge in [0.05, 0.1) is 29.9 Å². The van der Waals surface area contributed by atoms with E-state index in [2.05, 4.69) is 35.2 Å². The van der Waals surface area contributed by atoms with Crippen molar-refractivity contribution in [1.29, 1.82) is 5.26 Å². The van der Waals surface area contributed by atoms with E-state index >= 15 is 0 Å². The normalized spacial score (nSPS) is 16.2. The van der Waals surface area contributed by atoms with Gasteiger partial charge in [-0.3, -0.25) is 9.67 Å². The average molecular weight is 410 g/mol. The molecular weight excluding hydrogens is 386 g/mol. The smallest absolute Gasteiger partial charge is 0.246 e. The summed E-state index contributed by atoms with van der Waals surface area (Å²) < 4.78 is 29.3. The van der Waals surface area contributed by atoms with E-state index in [9.17, 15) is 8.42 Å². The standard InChI is InChI=1S/C21H23N5O2S/c1-15-12-19-17(4-3-9-23-19)13-18(15)16-6-10-26(11-7-16)29(27,28)21-14-24-25(2)20(21)5-8-22/h3-4,9,12-14,16H,5-7,10-11H2,1-2H3. The minimum absolute atomic E-state index is 0.0197. The molecule has 7 nitrogen and oxygen atoms in total. The first-order chi connectivity index (χ1) is 13.9. The third-order valence-electron chi connectivity index (χ3n) is 5.77. The van der Waals surface area contributed by atoms with Gasteiger partial charge in [-0.25, -0.2) is 8.42 Å². The molecule has 1 aliphatic heterocycles. The second-order valence-electron chi connectivity index (χ2n) is 7.50. The van der Waals surface area contributed by atoms with Gasteiger partial charge in [0.15, 0.2) is 0 Å². The summed E-state index contributed by atoms with van der Waals surface area (Å²) in [5.41, 5.74) is 3.89. The second-order valence-corrected chi connectivity index (χ2v) is 9.40. The van der Waals surface area contributed by atoms with Gasteiger partial charge in [0.2, 0.25) is 10.0 Å². The number of hydrogen-bond donors (Lipinski definition) is 0. The van der Waals surface area contributed by atoms with Crippen LogP contribution in [0.15, 0.2) is 41.6 Å². The SMILES string of the molecule is Cc1cc2ncccc2cc1C1CCN(S(=O)(=O)c2cnn(C)c2CC#N)CC1. The molecule has 1 aliphatic rings. The number of pyridine rings is 1. The largest absolute Gasteiger partial charge is 0.270 e. The molecule has 29 heavy (non-hydrogen) atoms. The number of piperidine rings is 1. The van der Waals surface area contributed by atoms with Crippen LogP contribution in [-0.4, -0.2) is 40.6 Å². The summed E-state index contributed by atoms with van der Waals surface area (Å²) in [6.07, 6.45) is 4.70. The van der Waals surface area contributed by atoms with E-state index in [-0.39, 0.29) is 11.3 Å². The van der Waals surface area contributed by atoms with Crippen LogP contribution < -0.4 is 0 Å². The van der Waals surface area contributed by atoms with E-state index in [1.54, 1.807) is 13.2 Å². The lowest BCUT2D eigenvalue weighted by Gasteiger charge is -2.32. The number of rotatable bonds is 4. The molecule has 0 aliphatic carbocycles. The zero-order chi connectivity index (χ0) is 20.6. The van der Waals surface area contributed by atoms with Gasteiger partial charge in [-0.2, -0.15) is 14.7 Å². The highest BCUT2D eigenvalue weighted by Crippen LogP contribution is 2.34. The number of sulfonamides is 1. The molecule has 150 valence electrons. The fraction of sp³-hybridized carbons (Fsp3) is 0.381. The van der Waals surface area contributed by atoms with E-state index in [1.165, 1.54) is 26.3 Å². The van der Waals surface area contributed by atoms with Crippen LogP contribution in [0, 0.1) is 18.3 Å². The molecule has 0 N–H and O–H groups in total. The highest BCUT2D eigenvalue weighted by Gasteiger charge is 2.33. The van der Waals surface area contributed by atoms with Crippen LogP contribution in [0.1, 0.15) is 35.6 Å². The Hall–Kier alpha value is -2.76. The van der Waals surface area contributed by atoms with Crippen molar-refractivity contribution in [3.63, 3.8) is 0 Å². The molecule has 1 saturated heterocycles. The van der Waals surface area contributed by atoms with Crippen molar-refractivity contribution in [2.45, 2.75) is 37.0 Å². The summed E-state index contributed by atoms with van der Waals surface area (Å²) in [5.74, 6) is 0.318. The van der Waals surface area contributed by atoms with Gasteiger partial charge in [-0.1, -0.05) is 6.07 Å². The topological polar surface area (TPSA) is 91.9 Å². The van der Waals surface area contributed by atoms with Gasteiger partial charge >= 0.3 is 0 Å². The van der Waals surface area contributed by atoms with E-state index in [0.717, 1.165) is 23.7 Å². The summed E-state index contributed by atoms with van der Waals surface area (Å²) in [7, 11) is -1.99. The molecule has 2 aromatic heterocycles. The fourth-order valence-electron chi connectivity index (χ4n) is 4.16. The predicted molar refractivity (Wildman–Crippen MR) is 110 cm³/mol. The number of fused-ring (bicyclic) bond motifs is 1. The Balaban J connectivity index is 1.55. The van der Waals surface area contributed by atoms with E-state index in [4.69, 9.17) is 5.26 Å². The molecule has 4 rings (SSSR count). The molecule has 0 atom stereocenters. The zero-order valence-electron chi connectivity index (χ0n) is 16.5. The number of hydrogen-bond acceptors (Lipinski definition) is 5. The molecule has 3 aromatic rings. The van der Waals surface area contributed by atoms with Crippen molar-refractivity contribution in [1.82, 2.24) is 19.1 Å². The van der Waals surface area contributed by atoms with Crippen LogP contribution in [0.25, 0.3) is 10.9 Å². The van der Waals surface area contributed by atoms with E-state index in [1.807, 2.05) is 12.1 Å². The zero-order valence-corrected chi connectivity index (χ0v) is 17.4. The van der Waals surface area contributed by atoms with Crippen molar-refractivity contribution >= 4 is 20.9 Å². The number of benzene rings is 1. The minimum atomic E-state index is -3.66. The second kappa shape index (κ2) is 7.58. The Morgan fingerprint density at radius 3 is 2.76 bits per heavy atom. The Kier molecular flexibility index (Phi) is 5.11. The fourth-order valence-corrected chi connectivity index (χ4v) is 5.82. The monoisotopic (exact) mass is 409 g/mol. The highest BCUT2D eigenvalue weighted by molar-refractivity contribution is 7.89. The van der Waals surface area contributed by atoms with Crippen molar-refractivity contribution in [2.24, 2.45) is 7.05 Å². The highest BCUT2D eigenvalue weighted by atomic mass is 32.2. The lowest BCUT2D eigenvalue weighted by atomic mass is 9.86. The van der Waals surface area contributed by atoms with Gasteiger partial charge in [-0.05, 0) is 55.0 Å². The molecule has 0 amide bonds. The van der Waals surface area contributed by atoms with E-state index in [0.29, 0.717) is 24.7 Å². The van der Waals surface area contributed by atoms with Crippen LogP contribution >= 0.6 is 0 Å². The molecule has 0 radical (unpaired) electrons. The van der Waals surface area contributed by atoms with Crippen molar-refractivity contribution in [2.75, 3.05) is 13.1 Å². The van der Waals surface area contributed by atoms with Crippen molar-refractivity contribution in [3.8, 4) is 6.07 Å². The van der Waals surface area contributed by atoms with Gasteiger partial charge in [0.25, 0.3) is 0 Å². The summed E-state index contributed by atoms with van der Waals surface area (Å²) in [6, 6.07) is 10.3. The molecule has 0 spiro atoms. The first-order valence-electron chi connectivity index (χ1n) is 9.65. The van der Waals surface area contributed by atoms with E-state index < -0.39 is 10.0 Å². The van der Waals surface area contributed by atoms with Gasteiger partial charge < -0.3 is 0 Å². The van der Waals surface area contributed by atoms with Crippen LogP contribution in [0.5, 0.6) is 0 Å². The Morgan fingerprint density at radius 1 is 1.28 bits per heavy atom. The summed E-state index contributed by atoms with van der Waals surface area (Å²) in [4.78, 5) is 4.56. The minimum Gasteiger partial charge on any atom is -0.270 e. The molecule has 0 bridgehead atoms. The van der Waals surface area contributed by atoms with Crippen LogP contribution in [-0.2, 0) is 23.5 Å². The first-order valence-corrected chi connectivity index (χ1v) is 11.1. The maximum absolute atomic E-state index is 13.1. The number of nitriles is 1. The third-order valence-corrected chi connectivity index (χ3v) is 7.71. The third kappa shape index (κ3) is 3.52. The van der Waals surface area contributed by atoms with Crippen molar-refractivity contribution < 1.29 is 8.42 Å². The molecule has 0 saturated carbocycles. The molecular formula is C21H23N5O2S. The molecule has 3 heterocycles. The Labute approximate surface area is 170 Å². The number of aromatic nitrogens is 3. The molecule has 8 heteroatoms. The summed E-state index contributed by atoms with van der Waals surface area (Å²) >= 11 is 0. The van der Waals surface area contributed by atoms with Crippen LogP contribution in [0.3, 0.4) is 0 Å². The maximum atomic E-state index is 13.1. The Morgan fingerprint density at radius 2 is 2.03 bits per heavy atom. The summed E-state index contributed by atoms with van der Waals surface area (Å²) in [5, 5.41) is 14.2. The lowest BCUT2D eigenvalue weighted by Crippen LogP contribution is -2.38. The predicted octanol–water partition coefficient (Wildman–Crippen LogP) is 2.91.